The Kier molecular flexibility index (Phi) is 4.14. The van der Waals surface area contributed by atoms with Crippen LogP contribution < -0.4 is 5.32 Å². The monoisotopic (exact) mass is 394 g/mol. The molecule has 0 unspecified atom stereocenters. The van der Waals surface area contributed by atoms with Crippen molar-refractivity contribution in [3.8, 4) is 0 Å². The fourth-order valence-electron chi connectivity index (χ4n) is 4.02. The molecule has 0 aromatic heterocycles. The number of hydrogen-bond donors (Lipinski definition) is 1. The molecule has 2 aliphatic rings. The summed E-state index contributed by atoms with van der Waals surface area (Å²) in [7, 11) is 0. The Balaban J connectivity index is 1.82. The highest BCUT2D eigenvalue weighted by atomic mass is 35.5. The Morgan fingerprint density at radius 2 is 1.89 bits per heavy atom. The van der Waals surface area contributed by atoms with Crippen LogP contribution in [0.4, 0.5) is 24.5 Å². The number of benzene rings is 2. The molecule has 1 N–H and O–H groups in total. The number of nitro benzene ring substituents is 1. The maximum absolute atomic E-state index is 13.6. The van der Waals surface area contributed by atoms with E-state index in [0.717, 1.165) is 6.07 Å². The lowest BCUT2D eigenvalue weighted by Crippen LogP contribution is -2.30. The zero-order chi connectivity index (χ0) is 19.3. The van der Waals surface area contributed by atoms with E-state index in [9.17, 15) is 23.3 Å². The van der Waals surface area contributed by atoms with Gasteiger partial charge in [0.15, 0.2) is 0 Å². The van der Waals surface area contributed by atoms with Gasteiger partial charge in [-0.05, 0) is 35.6 Å². The normalized spacial score (nSPS) is 23.5. The van der Waals surface area contributed by atoms with E-state index in [2.05, 4.69) is 5.32 Å². The summed E-state index contributed by atoms with van der Waals surface area (Å²) in [6, 6.07) is 8.06. The van der Waals surface area contributed by atoms with Crippen molar-refractivity contribution in [2.24, 2.45) is 5.92 Å². The van der Waals surface area contributed by atoms with Crippen LogP contribution in [0.3, 0.4) is 0 Å². The first-order chi connectivity index (χ1) is 12.8. The van der Waals surface area contributed by atoms with Gasteiger partial charge in [0, 0.05) is 23.1 Å². The first kappa shape index (κ1) is 17.9. The minimum absolute atomic E-state index is 0.0125. The van der Waals surface area contributed by atoms with Crippen molar-refractivity contribution in [2.75, 3.05) is 5.32 Å². The van der Waals surface area contributed by atoms with Gasteiger partial charge in [0.2, 0.25) is 0 Å². The second-order valence-electron chi connectivity index (χ2n) is 6.74. The summed E-state index contributed by atoms with van der Waals surface area (Å²) in [4.78, 5) is 10.4. The Bertz CT molecular complexity index is 941. The van der Waals surface area contributed by atoms with E-state index in [0.29, 0.717) is 17.5 Å². The number of nitrogens with one attached hydrogen (secondary N) is 1. The molecule has 0 amide bonds. The van der Waals surface area contributed by atoms with E-state index in [1.165, 1.54) is 12.1 Å². The van der Waals surface area contributed by atoms with Crippen LogP contribution in [0.5, 0.6) is 0 Å². The maximum atomic E-state index is 13.6. The summed E-state index contributed by atoms with van der Waals surface area (Å²) in [6.07, 6.45) is 0.0294. The van der Waals surface area contributed by atoms with Crippen molar-refractivity contribution >= 4 is 23.0 Å². The summed E-state index contributed by atoms with van der Waals surface area (Å²) < 4.78 is 40.7. The molecule has 0 saturated carbocycles. The molecule has 140 valence electrons. The standard InChI is InChI=1S/C19H14ClF3N2O2/c20-11-8-15-13-2-1-3-14(13)17(10-4-6-12(7-5-10)25(26)27)24-18(15)16(9-11)19(21,22)23/h1-2,4-9,13-14,17,24H,3H2/t13-,14+,17-/m0/s1. The number of nitrogens with zero attached hydrogens (tertiary/aromatic N) is 1. The molecule has 4 rings (SSSR count). The zero-order valence-corrected chi connectivity index (χ0v) is 14.6. The highest BCUT2D eigenvalue weighted by Gasteiger charge is 2.43. The number of allylic oxidation sites excluding steroid dienone is 2. The van der Waals surface area contributed by atoms with Gasteiger partial charge >= 0.3 is 6.18 Å². The summed E-state index contributed by atoms with van der Waals surface area (Å²) in [5.41, 5.74) is 0.428. The molecule has 27 heavy (non-hydrogen) atoms. The third-order valence-electron chi connectivity index (χ3n) is 5.20. The molecule has 1 heterocycles. The molecule has 0 radical (unpaired) electrons. The number of rotatable bonds is 2. The second-order valence-corrected chi connectivity index (χ2v) is 7.18. The molecule has 1 aliphatic carbocycles. The van der Waals surface area contributed by atoms with E-state index in [4.69, 9.17) is 11.6 Å². The van der Waals surface area contributed by atoms with Crippen LogP contribution in [-0.2, 0) is 6.18 Å². The van der Waals surface area contributed by atoms with Crippen LogP contribution in [0.25, 0.3) is 0 Å². The second kappa shape index (κ2) is 6.27. The van der Waals surface area contributed by atoms with Crippen molar-refractivity contribution in [3.63, 3.8) is 0 Å². The van der Waals surface area contributed by atoms with E-state index >= 15 is 0 Å². The van der Waals surface area contributed by atoms with Crippen molar-refractivity contribution < 1.29 is 18.1 Å². The Labute approximate surface area is 157 Å². The summed E-state index contributed by atoms with van der Waals surface area (Å²) in [5.74, 6) is -0.181. The molecule has 3 atom stereocenters. The molecule has 2 aromatic carbocycles. The van der Waals surface area contributed by atoms with Crippen LogP contribution in [0, 0.1) is 16.0 Å². The van der Waals surface area contributed by atoms with Gasteiger partial charge in [0.25, 0.3) is 5.69 Å². The minimum Gasteiger partial charge on any atom is -0.377 e. The number of hydrogen-bond acceptors (Lipinski definition) is 3. The first-order valence-electron chi connectivity index (χ1n) is 8.34. The molecule has 0 bridgehead atoms. The lowest BCUT2D eigenvalue weighted by Gasteiger charge is -2.38. The van der Waals surface area contributed by atoms with Crippen LogP contribution in [0.1, 0.15) is 35.1 Å². The van der Waals surface area contributed by atoms with Crippen LogP contribution in [0.15, 0.2) is 48.6 Å². The van der Waals surface area contributed by atoms with Gasteiger partial charge in [0.05, 0.1) is 22.2 Å². The Morgan fingerprint density at radius 3 is 2.52 bits per heavy atom. The van der Waals surface area contributed by atoms with Gasteiger partial charge in [-0.3, -0.25) is 10.1 Å². The fraction of sp³-hybridized carbons (Fsp3) is 0.263. The fourth-order valence-corrected chi connectivity index (χ4v) is 4.25. The number of halogens is 4. The Morgan fingerprint density at radius 1 is 1.19 bits per heavy atom. The highest BCUT2D eigenvalue weighted by Crippen LogP contribution is 2.53. The van der Waals surface area contributed by atoms with Gasteiger partial charge in [-0.15, -0.1) is 0 Å². The molecule has 0 saturated heterocycles. The molecule has 0 fully saturated rings. The Hall–Kier alpha value is -2.54. The number of non-ortho nitro benzene ring substituents is 1. The van der Waals surface area contributed by atoms with Crippen LogP contribution in [0.2, 0.25) is 5.02 Å². The van der Waals surface area contributed by atoms with Crippen molar-refractivity contribution in [3.05, 3.63) is 80.4 Å². The number of fused-ring (bicyclic) bond motifs is 3. The predicted molar refractivity (Wildman–Crippen MR) is 95.9 cm³/mol. The third-order valence-corrected chi connectivity index (χ3v) is 5.42. The summed E-state index contributed by atoms with van der Waals surface area (Å²) >= 11 is 5.96. The number of alkyl halides is 3. The molecule has 1 aliphatic heterocycles. The largest absolute Gasteiger partial charge is 0.418 e. The third kappa shape index (κ3) is 3.06. The van der Waals surface area contributed by atoms with Gasteiger partial charge in [-0.1, -0.05) is 35.9 Å². The van der Waals surface area contributed by atoms with E-state index < -0.39 is 16.7 Å². The maximum Gasteiger partial charge on any atom is 0.418 e. The quantitative estimate of drug-likeness (QED) is 0.380. The van der Waals surface area contributed by atoms with Crippen LogP contribution in [-0.4, -0.2) is 4.92 Å². The van der Waals surface area contributed by atoms with E-state index in [1.54, 1.807) is 18.2 Å². The molecule has 4 nitrogen and oxygen atoms in total. The molecule has 0 spiro atoms. The van der Waals surface area contributed by atoms with Crippen LogP contribution >= 0.6 is 11.6 Å². The van der Waals surface area contributed by atoms with E-state index in [-0.39, 0.29) is 34.3 Å². The SMILES string of the molecule is O=[N+]([O-])c1ccc([C@@H]2Nc3c(cc(Cl)cc3C(F)(F)F)[C@H]3C=CC[C@H]32)cc1. The average Bonchev–Trinajstić information content (AvgIpc) is 3.10. The highest BCUT2D eigenvalue weighted by molar-refractivity contribution is 6.30. The van der Waals surface area contributed by atoms with Crippen molar-refractivity contribution in [1.29, 1.82) is 0 Å². The number of anilines is 1. The lowest BCUT2D eigenvalue weighted by molar-refractivity contribution is -0.384. The predicted octanol–water partition coefficient (Wildman–Crippen LogP) is 6.09. The summed E-state index contributed by atoms with van der Waals surface area (Å²) in [5, 5.41) is 14.0. The molecule has 8 heteroatoms. The topological polar surface area (TPSA) is 55.2 Å². The van der Waals surface area contributed by atoms with Crippen molar-refractivity contribution in [1.82, 2.24) is 0 Å². The van der Waals surface area contributed by atoms with Crippen molar-refractivity contribution in [2.45, 2.75) is 24.6 Å². The first-order valence-corrected chi connectivity index (χ1v) is 8.71. The minimum atomic E-state index is -4.54. The summed E-state index contributed by atoms with van der Waals surface area (Å²) in [6.45, 7) is 0. The average molecular weight is 395 g/mol. The molecular formula is C19H14ClF3N2O2. The van der Waals surface area contributed by atoms with Gasteiger partial charge < -0.3 is 5.32 Å². The van der Waals surface area contributed by atoms with Gasteiger partial charge in [-0.25, -0.2) is 0 Å². The van der Waals surface area contributed by atoms with Gasteiger partial charge in [0.1, 0.15) is 0 Å². The van der Waals surface area contributed by atoms with Gasteiger partial charge in [-0.2, -0.15) is 13.2 Å². The smallest absolute Gasteiger partial charge is 0.377 e. The lowest BCUT2D eigenvalue weighted by atomic mass is 9.76. The molecule has 2 aromatic rings. The molecular weight excluding hydrogens is 381 g/mol. The van der Waals surface area contributed by atoms with E-state index in [1.807, 2.05) is 12.2 Å². The zero-order valence-electron chi connectivity index (χ0n) is 13.8. The number of nitro groups is 1.